The predicted molar refractivity (Wildman–Crippen MR) is 81.7 cm³/mol. The van der Waals surface area contributed by atoms with Crippen LogP contribution in [0.2, 0.25) is 0 Å². The SMILES string of the molecule is O=c1c(I)cccn1Cc1ccc(I)cc1. The van der Waals surface area contributed by atoms with Gasteiger partial charge in [0.1, 0.15) is 0 Å². The van der Waals surface area contributed by atoms with Gasteiger partial charge in [0.25, 0.3) is 5.56 Å². The maximum absolute atomic E-state index is 11.8. The number of hydrogen-bond donors (Lipinski definition) is 0. The second kappa shape index (κ2) is 5.31. The third kappa shape index (κ3) is 2.85. The molecule has 0 aliphatic rings. The van der Waals surface area contributed by atoms with Crippen molar-refractivity contribution in [2.24, 2.45) is 0 Å². The van der Waals surface area contributed by atoms with Gasteiger partial charge in [0.2, 0.25) is 0 Å². The highest BCUT2D eigenvalue weighted by atomic mass is 127. The first-order valence-corrected chi connectivity index (χ1v) is 6.92. The standard InChI is InChI=1S/C12H9I2NO/c13-10-5-3-9(4-6-10)8-15-7-1-2-11(14)12(15)16/h1-7H,8H2. The number of halogens is 2. The fraction of sp³-hybridized carbons (Fsp3) is 0.0833. The summed E-state index contributed by atoms with van der Waals surface area (Å²) in [6.07, 6.45) is 1.82. The molecule has 0 amide bonds. The molecule has 0 bridgehead atoms. The summed E-state index contributed by atoms with van der Waals surface area (Å²) < 4.78 is 3.69. The molecule has 82 valence electrons. The van der Waals surface area contributed by atoms with Crippen molar-refractivity contribution >= 4 is 45.2 Å². The maximum atomic E-state index is 11.8. The average molecular weight is 437 g/mol. The van der Waals surface area contributed by atoms with Crippen molar-refractivity contribution in [1.29, 1.82) is 0 Å². The van der Waals surface area contributed by atoms with Gasteiger partial charge in [-0.3, -0.25) is 4.79 Å². The van der Waals surface area contributed by atoms with Gasteiger partial charge >= 0.3 is 0 Å². The molecule has 1 heterocycles. The van der Waals surface area contributed by atoms with Gasteiger partial charge in [0.15, 0.2) is 0 Å². The lowest BCUT2D eigenvalue weighted by atomic mass is 10.2. The van der Waals surface area contributed by atoms with E-state index in [2.05, 4.69) is 57.3 Å². The molecule has 2 aromatic rings. The van der Waals surface area contributed by atoms with Crippen LogP contribution in [0.25, 0.3) is 0 Å². The van der Waals surface area contributed by atoms with Crippen molar-refractivity contribution in [3.63, 3.8) is 0 Å². The van der Waals surface area contributed by atoms with Gasteiger partial charge in [0.05, 0.1) is 10.1 Å². The zero-order chi connectivity index (χ0) is 11.5. The van der Waals surface area contributed by atoms with Crippen LogP contribution < -0.4 is 5.56 Å². The summed E-state index contributed by atoms with van der Waals surface area (Å²) >= 11 is 4.33. The molecule has 2 rings (SSSR count). The summed E-state index contributed by atoms with van der Waals surface area (Å²) in [5.74, 6) is 0. The van der Waals surface area contributed by atoms with Crippen LogP contribution in [0, 0.1) is 7.14 Å². The smallest absolute Gasteiger partial charge is 0.264 e. The van der Waals surface area contributed by atoms with Crippen molar-refractivity contribution < 1.29 is 0 Å². The van der Waals surface area contributed by atoms with Crippen molar-refractivity contribution in [2.75, 3.05) is 0 Å². The van der Waals surface area contributed by atoms with Crippen molar-refractivity contribution in [2.45, 2.75) is 6.54 Å². The molecule has 0 saturated heterocycles. The molecule has 16 heavy (non-hydrogen) atoms. The monoisotopic (exact) mass is 437 g/mol. The predicted octanol–water partition coefficient (Wildman–Crippen LogP) is 3.11. The van der Waals surface area contributed by atoms with E-state index in [9.17, 15) is 4.79 Å². The molecule has 0 unspecified atom stereocenters. The Labute approximate surface area is 121 Å². The van der Waals surface area contributed by atoms with E-state index < -0.39 is 0 Å². The molecule has 0 N–H and O–H groups in total. The minimum absolute atomic E-state index is 0.0710. The van der Waals surface area contributed by atoms with Gasteiger partial charge in [-0.15, -0.1) is 0 Å². The molecule has 4 heteroatoms. The summed E-state index contributed by atoms with van der Waals surface area (Å²) in [7, 11) is 0. The highest BCUT2D eigenvalue weighted by molar-refractivity contribution is 14.1. The Kier molecular flexibility index (Phi) is 4.01. The highest BCUT2D eigenvalue weighted by Crippen LogP contribution is 2.08. The molecule has 0 aliphatic heterocycles. The summed E-state index contributed by atoms with van der Waals surface area (Å²) in [5.41, 5.74) is 1.21. The topological polar surface area (TPSA) is 22.0 Å². The number of nitrogens with zero attached hydrogens (tertiary/aromatic N) is 1. The van der Waals surface area contributed by atoms with Gasteiger partial charge in [-0.05, 0) is 75.0 Å². The van der Waals surface area contributed by atoms with Crippen LogP contribution in [-0.2, 0) is 6.54 Å². The summed E-state index contributed by atoms with van der Waals surface area (Å²) in [6.45, 7) is 0.632. The number of hydrogen-bond acceptors (Lipinski definition) is 1. The summed E-state index contributed by atoms with van der Waals surface area (Å²) in [4.78, 5) is 11.8. The molecule has 1 aromatic heterocycles. The fourth-order valence-electron chi connectivity index (χ4n) is 1.42. The Morgan fingerprint density at radius 3 is 2.44 bits per heavy atom. The van der Waals surface area contributed by atoms with E-state index in [-0.39, 0.29) is 5.56 Å². The summed E-state index contributed by atoms with van der Waals surface area (Å²) in [5, 5.41) is 0. The van der Waals surface area contributed by atoms with Crippen LogP contribution >= 0.6 is 45.2 Å². The van der Waals surface area contributed by atoms with Gasteiger partial charge in [-0.2, -0.15) is 0 Å². The lowest BCUT2D eigenvalue weighted by molar-refractivity contribution is 0.754. The van der Waals surface area contributed by atoms with Crippen LogP contribution in [-0.4, -0.2) is 4.57 Å². The quantitative estimate of drug-likeness (QED) is 0.663. The van der Waals surface area contributed by atoms with E-state index in [1.54, 1.807) is 4.57 Å². The molecule has 0 spiro atoms. The van der Waals surface area contributed by atoms with Crippen LogP contribution in [0.3, 0.4) is 0 Å². The van der Waals surface area contributed by atoms with E-state index in [0.717, 1.165) is 9.13 Å². The number of rotatable bonds is 2. The second-order valence-electron chi connectivity index (χ2n) is 3.42. The molecule has 1 aromatic carbocycles. The fourth-order valence-corrected chi connectivity index (χ4v) is 2.30. The second-order valence-corrected chi connectivity index (χ2v) is 5.82. The molecule has 0 atom stereocenters. The normalized spacial score (nSPS) is 10.4. The Hall–Kier alpha value is -0.370. The van der Waals surface area contributed by atoms with E-state index in [1.807, 2.05) is 30.5 Å². The highest BCUT2D eigenvalue weighted by Gasteiger charge is 2.00. The van der Waals surface area contributed by atoms with Crippen molar-refractivity contribution in [1.82, 2.24) is 4.57 Å². The minimum atomic E-state index is 0.0710. The van der Waals surface area contributed by atoms with E-state index >= 15 is 0 Å². The van der Waals surface area contributed by atoms with Crippen LogP contribution in [0.5, 0.6) is 0 Å². The largest absolute Gasteiger partial charge is 0.310 e. The lowest BCUT2D eigenvalue weighted by Gasteiger charge is -2.06. The Morgan fingerprint density at radius 1 is 1.06 bits per heavy atom. The minimum Gasteiger partial charge on any atom is -0.310 e. The zero-order valence-corrected chi connectivity index (χ0v) is 12.7. The molecule has 0 aliphatic carbocycles. The first-order chi connectivity index (χ1) is 7.66. The van der Waals surface area contributed by atoms with E-state index in [1.165, 1.54) is 3.57 Å². The molecule has 0 radical (unpaired) electrons. The number of pyridine rings is 1. The van der Waals surface area contributed by atoms with Crippen LogP contribution in [0.1, 0.15) is 5.56 Å². The maximum Gasteiger partial charge on any atom is 0.264 e. The molecule has 0 fully saturated rings. The third-order valence-corrected chi connectivity index (χ3v) is 3.78. The Balaban J connectivity index is 2.31. The molecular weight excluding hydrogens is 428 g/mol. The first-order valence-electron chi connectivity index (χ1n) is 4.76. The van der Waals surface area contributed by atoms with Crippen LogP contribution in [0.4, 0.5) is 0 Å². The van der Waals surface area contributed by atoms with Gasteiger partial charge < -0.3 is 4.57 Å². The molecule has 2 nitrogen and oxygen atoms in total. The van der Waals surface area contributed by atoms with Crippen LogP contribution in [0.15, 0.2) is 47.4 Å². The van der Waals surface area contributed by atoms with Gasteiger partial charge in [-0.1, -0.05) is 12.1 Å². The third-order valence-electron chi connectivity index (χ3n) is 2.24. The number of aromatic nitrogens is 1. The lowest BCUT2D eigenvalue weighted by Crippen LogP contribution is -2.21. The van der Waals surface area contributed by atoms with Crippen molar-refractivity contribution in [3.8, 4) is 0 Å². The Bertz CT molecular complexity index is 546. The molecular formula is C12H9I2NO. The summed E-state index contributed by atoms with van der Waals surface area (Å²) in [6, 6.07) is 11.9. The average Bonchev–Trinajstić information content (AvgIpc) is 2.28. The van der Waals surface area contributed by atoms with Crippen molar-refractivity contribution in [3.05, 3.63) is 65.7 Å². The van der Waals surface area contributed by atoms with Gasteiger partial charge in [-0.25, -0.2) is 0 Å². The first kappa shape index (κ1) is 12.1. The Morgan fingerprint density at radius 2 is 1.75 bits per heavy atom. The van der Waals surface area contributed by atoms with E-state index in [0.29, 0.717) is 6.54 Å². The zero-order valence-electron chi connectivity index (χ0n) is 8.36. The van der Waals surface area contributed by atoms with E-state index in [4.69, 9.17) is 0 Å². The number of benzene rings is 1. The molecule has 0 saturated carbocycles. The van der Waals surface area contributed by atoms with Gasteiger partial charge in [0, 0.05) is 9.77 Å².